The lowest BCUT2D eigenvalue weighted by atomic mass is 9.86. The molecular formula is C17H17F3N2O2. The van der Waals surface area contributed by atoms with Gasteiger partial charge in [0.25, 0.3) is 0 Å². The molecule has 0 saturated carbocycles. The van der Waals surface area contributed by atoms with E-state index >= 15 is 0 Å². The van der Waals surface area contributed by atoms with E-state index in [9.17, 15) is 23.1 Å². The molecule has 0 bridgehead atoms. The Balaban J connectivity index is 2.93. The second kappa shape index (κ2) is 5.55. The second-order valence-electron chi connectivity index (χ2n) is 6.79. The van der Waals surface area contributed by atoms with E-state index in [1.807, 2.05) is 0 Å². The lowest BCUT2D eigenvalue weighted by Crippen LogP contribution is -2.32. The van der Waals surface area contributed by atoms with E-state index in [1.165, 1.54) is 16.7 Å². The van der Waals surface area contributed by atoms with Crippen LogP contribution in [0.4, 0.5) is 13.2 Å². The molecule has 0 spiro atoms. The van der Waals surface area contributed by atoms with Crippen molar-refractivity contribution in [1.82, 2.24) is 4.57 Å². The van der Waals surface area contributed by atoms with Crippen molar-refractivity contribution in [2.45, 2.75) is 39.9 Å². The molecule has 1 unspecified atom stereocenters. The summed E-state index contributed by atoms with van der Waals surface area (Å²) in [6.07, 6.45) is -4.70. The molecule has 2 aromatic rings. The summed E-state index contributed by atoms with van der Waals surface area (Å²) in [4.78, 5) is 11.8. The van der Waals surface area contributed by atoms with Crippen molar-refractivity contribution in [3.05, 3.63) is 35.0 Å². The molecule has 1 heterocycles. The predicted molar refractivity (Wildman–Crippen MR) is 82.5 cm³/mol. The largest absolute Gasteiger partial charge is 0.480 e. The molecule has 0 aliphatic rings. The maximum Gasteiger partial charge on any atom is 0.418 e. The van der Waals surface area contributed by atoms with Crippen molar-refractivity contribution >= 4 is 16.9 Å². The lowest BCUT2D eigenvalue weighted by molar-refractivity contribution is -0.144. The van der Waals surface area contributed by atoms with Gasteiger partial charge in [0.2, 0.25) is 0 Å². The van der Waals surface area contributed by atoms with Crippen LogP contribution in [0, 0.1) is 23.7 Å². The molecule has 1 N–H and O–H groups in total. The number of fused-ring (bicyclic) bond motifs is 1. The van der Waals surface area contributed by atoms with Crippen molar-refractivity contribution < 1.29 is 23.1 Å². The number of nitriles is 1. The molecule has 0 amide bonds. The van der Waals surface area contributed by atoms with Gasteiger partial charge in [-0.25, -0.2) is 4.79 Å². The number of hydrogen-bond acceptors (Lipinski definition) is 2. The Morgan fingerprint density at radius 1 is 1.29 bits per heavy atom. The van der Waals surface area contributed by atoms with Crippen LogP contribution in [0.2, 0.25) is 0 Å². The third-order valence-electron chi connectivity index (χ3n) is 3.93. The number of hydrogen-bond donors (Lipinski definition) is 1. The Labute approximate surface area is 137 Å². The van der Waals surface area contributed by atoms with Crippen LogP contribution in [0.15, 0.2) is 18.2 Å². The summed E-state index contributed by atoms with van der Waals surface area (Å²) < 4.78 is 41.7. The number of carboxylic acids is 1. The SMILES string of the molecule is Cc1cc2c(C(F)(F)F)c(C#N)ccc2n1C(C(=O)O)C(C)(C)C. The van der Waals surface area contributed by atoms with Gasteiger partial charge >= 0.3 is 12.1 Å². The first-order valence-electron chi connectivity index (χ1n) is 7.24. The Kier molecular flexibility index (Phi) is 4.13. The number of carbonyl (C=O) groups is 1. The van der Waals surface area contributed by atoms with Gasteiger partial charge in [-0.05, 0) is 30.5 Å². The first-order valence-corrected chi connectivity index (χ1v) is 7.24. The van der Waals surface area contributed by atoms with Gasteiger partial charge in [0.15, 0.2) is 0 Å². The zero-order valence-electron chi connectivity index (χ0n) is 13.7. The molecule has 2 rings (SSSR count). The van der Waals surface area contributed by atoms with Crippen molar-refractivity contribution in [2.75, 3.05) is 0 Å². The van der Waals surface area contributed by atoms with E-state index in [1.54, 1.807) is 33.8 Å². The van der Waals surface area contributed by atoms with Crippen molar-refractivity contribution in [2.24, 2.45) is 5.41 Å². The molecule has 7 heteroatoms. The van der Waals surface area contributed by atoms with Gasteiger partial charge in [-0.15, -0.1) is 0 Å². The van der Waals surface area contributed by atoms with Crippen LogP contribution in [-0.4, -0.2) is 15.6 Å². The summed E-state index contributed by atoms with van der Waals surface area (Å²) in [5.41, 5.74) is -1.67. The van der Waals surface area contributed by atoms with Gasteiger partial charge in [0.05, 0.1) is 17.2 Å². The Hall–Kier alpha value is -2.49. The molecule has 1 aromatic heterocycles. The minimum atomic E-state index is -4.70. The predicted octanol–water partition coefficient (Wildman–Crippen LogP) is 4.51. The summed E-state index contributed by atoms with van der Waals surface area (Å²) in [6, 6.07) is 4.27. The number of aliphatic carboxylic acids is 1. The monoisotopic (exact) mass is 338 g/mol. The topological polar surface area (TPSA) is 66.0 Å². The van der Waals surface area contributed by atoms with Crippen LogP contribution >= 0.6 is 0 Å². The molecule has 0 aliphatic carbocycles. The van der Waals surface area contributed by atoms with E-state index in [-0.39, 0.29) is 10.9 Å². The smallest absolute Gasteiger partial charge is 0.418 e. The zero-order valence-corrected chi connectivity index (χ0v) is 13.7. The van der Waals surface area contributed by atoms with Crippen molar-refractivity contribution in [3.63, 3.8) is 0 Å². The molecule has 128 valence electrons. The molecule has 0 radical (unpaired) electrons. The zero-order chi connectivity index (χ0) is 18.4. The first kappa shape index (κ1) is 17.9. The summed E-state index contributed by atoms with van der Waals surface area (Å²) in [5.74, 6) is -1.12. The van der Waals surface area contributed by atoms with Gasteiger partial charge in [-0.1, -0.05) is 20.8 Å². The number of nitrogens with zero attached hydrogens (tertiary/aromatic N) is 2. The van der Waals surface area contributed by atoms with Gasteiger partial charge in [-0.2, -0.15) is 18.4 Å². The minimum absolute atomic E-state index is 0.154. The van der Waals surface area contributed by atoms with Crippen LogP contribution in [0.1, 0.15) is 43.6 Å². The quantitative estimate of drug-likeness (QED) is 0.876. The van der Waals surface area contributed by atoms with Crippen LogP contribution in [0.3, 0.4) is 0 Å². The fraction of sp³-hybridized carbons (Fsp3) is 0.412. The molecule has 4 nitrogen and oxygen atoms in total. The number of rotatable bonds is 2. The molecule has 0 fully saturated rings. The number of aromatic nitrogens is 1. The third-order valence-corrected chi connectivity index (χ3v) is 3.93. The van der Waals surface area contributed by atoms with Crippen LogP contribution < -0.4 is 0 Å². The van der Waals surface area contributed by atoms with Gasteiger partial charge in [-0.3, -0.25) is 0 Å². The molecule has 1 atom stereocenters. The van der Waals surface area contributed by atoms with E-state index in [4.69, 9.17) is 5.26 Å². The Bertz CT molecular complexity index is 852. The molecule has 0 saturated heterocycles. The van der Waals surface area contributed by atoms with Crippen LogP contribution in [0.25, 0.3) is 10.9 Å². The fourth-order valence-electron chi connectivity index (χ4n) is 3.04. The van der Waals surface area contributed by atoms with Gasteiger partial charge < -0.3 is 9.67 Å². The number of aryl methyl sites for hydroxylation is 1. The molecule has 1 aromatic carbocycles. The highest BCUT2D eigenvalue weighted by Gasteiger charge is 2.39. The maximum atomic E-state index is 13.4. The summed E-state index contributed by atoms with van der Waals surface area (Å²) in [6.45, 7) is 6.70. The van der Waals surface area contributed by atoms with Crippen molar-refractivity contribution in [1.29, 1.82) is 5.26 Å². The average molecular weight is 338 g/mol. The van der Waals surface area contributed by atoms with E-state index in [2.05, 4.69) is 0 Å². The summed E-state index contributed by atoms with van der Waals surface area (Å²) in [5, 5.41) is 18.4. The van der Waals surface area contributed by atoms with Crippen LogP contribution in [0.5, 0.6) is 0 Å². The number of benzene rings is 1. The lowest BCUT2D eigenvalue weighted by Gasteiger charge is -2.30. The van der Waals surface area contributed by atoms with Crippen molar-refractivity contribution in [3.8, 4) is 6.07 Å². The standard InChI is InChI=1S/C17H17F3N2O2/c1-9-7-11-12(22(9)14(15(23)24)16(2,3)4)6-5-10(8-21)13(11)17(18,19)20/h5-7,14H,1-4H3,(H,23,24). The fourth-order valence-corrected chi connectivity index (χ4v) is 3.04. The highest BCUT2D eigenvalue weighted by atomic mass is 19.4. The van der Waals surface area contributed by atoms with E-state index in [0.29, 0.717) is 5.69 Å². The normalized spacial score (nSPS) is 13.8. The van der Waals surface area contributed by atoms with E-state index < -0.39 is 34.7 Å². The average Bonchev–Trinajstić information content (AvgIpc) is 2.71. The first-order chi connectivity index (χ1) is 10.9. The van der Waals surface area contributed by atoms with Gasteiger partial charge in [0, 0.05) is 16.6 Å². The minimum Gasteiger partial charge on any atom is -0.480 e. The third kappa shape index (κ3) is 2.84. The number of carboxylic acid groups (broad SMARTS) is 1. The summed E-state index contributed by atoms with van der Waals surface area (Å²) >= 11 is 0. The number of alkyl halides is 3. The second-order valence-corrected chi connectivity index (χ2v) is 6.79. The molecular weight excluding hydrogens is 321 g/mol. The molecule has 0 aliphatic heterocycles. The maximum absolute atomic E-state index is 13.4. The van der Waals surface area contributed by atoms with E-state index in [0.717, 1.165) is 6.07 Å². The number of halogens is 3. The van der Waals surface area contributed by atoms with Crippen LogP contribution in [-0.2, 0) is 11.0 Å². The highest BCUT2D eigenvalue weighted by molar-refractivity contribution is 5.89. The van der Waals surface area contributed by atoms with Gasteiger partial charge in [0.1, 0.15) is 6.04 Å². The highest BCUT2D eigenvalue weighted by Crippen LogP contribution is 2.41. The summed E-state index contributed by atoms with van der Waals surface area (Å²) in [7, 11) is 0. The molecule has 24 heavy (non-hydrogen) atoms. The Morgan fingerprint density at radius 3 is 2.29 bits per heavy atom. The Morgan fingerprint density at radius 2 is 1.88 bits per heavy atom.